The minimum absolute atomic E-state index is 0.0563. The number of methoxy groups -OCH3 is 2. The number of hydrogen-bond acceptors (Lipinski definition) is 5. The fraction of sp³-hybridized carbons (Fsp3) is 0.533. The van der Waals surface area contributed by atoms with Crippen LogP contribution < -0.4 is 4.74 Å². The van der Waals surface area contributed by atoms with E-state index < -0.39 is 16.0 Å². The topological polar surface area (TPSA) is 93.1 Å². The zero-order chi connectivity index (χ0) is 18.1. The Balaban J connectivity index is 2.44. The van der Waals surface area contributed by atoms with E-state index in [-0.39, 0.29) is 39.8 Å². The molecule has 0 bridgehead atoms. The Hall–Kier alpha value is -1.35. The molecule has 1 aromatic carbocycles. The third kappa shape index (κ3) is 3.51. The summed E-state index contributed by atoms with van der Waals surface area (Å²) in [5.74, 6) is -1.05. The number of sulfonamides is 1. The molecule has 2 unspecified atom stereocenters. The van der Waals surface area contributed by atoms with Crippen molar-refractivity contribution in [3.63, 3.8) is 0 Å². The molecule has 1 aliphatic rings. The predicted octanol–water partition coefficient (Wildman–Crippen LogP) is 2.09. The van der Waals surface area contributed by atoms with E-state index in [1.165, 1.54) is 11.4 Å². The molecule has 1 fully saturated rings. The van der Waals surface area contributed by atoms with E-state index in [2.05, 4.69) is 0 Å². The normalized spacial score (nSPS) is 22.3. The fourth-order valence-corrected chi connectivity index (χ4v) is 4.72. The number of nitrogens with zero attached hydrogens (tertiary/aromatic N) is 1. The lowest BCUT2D eigenvalue weighted by molar-refractivity contribution is 0.0184. The van der Waals surface area contributed by atoms with Gasteiger partial charge in [0.1, 0.15) is 16.2 Å². The summed E-state index contributed by atoms with van der Waals surface area (Å²) < 4.78 is 37.5. The van der Waals surface area contributed by atoms with Gasteiger partial charge in [0.2, 0.25) is 10.0 Å². The zero-order valence-corrected chi connectivity index (χ0v) is 15.2. The summed E-state index contributed by atoms with van der Waals surface area (Å²) in [7, 11) is -1.06. The molecule has 1 heterocycles. The molecule has 2 rings (SSSR count). The summed E-state index contributed by atoms with van der Waals surface area (Å²) in [5, 5.41) is 8.99. The Morgan fingerprint density at radius 3 is 2.58 bits per heavy atom. The van der Waals surface area contributed by atoms with E-state index in [1.54, 1.807) is 7.11 Å². The van der Waals surface area contributed by atoms with Crippen molar-refractivity contribution in [3.05, 3.63) is 22.7 Å². The van der Waals surface area contributed by atoms with Gasteiger partial charge < -0.3 is 14.6 Å². The Labute approximate surface area is 146 Å². The van der Waals surface area contributed by atoms with Crippen molar-refractivity contribution in [2.45, 2.75) is 24.3 Å². The van der Waals surface area contributed by atoms with Crippen LogP contribution in [0.15, 0.2) is 17.0 Å². The minimum atomic E-state index is -3.89. The highest BCUT2D eigenvalue weighted by Crippen LogP contribution is 2.34. The molecule has 0 saturated carbocycles. The van der Waals surface area contributed by atoms with E-state index in [0.29, 0.717) is 13.0 Å². The lowest BCUT2D eigenvalue weighted by Crippen LogP contribution is -2.46. The lowest BCUT2D eigenvalue weighted by atomic mass is 9.97. The largest absolute Gasteiger partial charge is 0.496 e. The van der Waals surface area contributed by atoms with Crippen LogP contribution >= 0.6 is 11.6 Å². The molecule has 24 heavy (non-hydrogen) atoms. The number of halogens is 1. The van der Waals surface area contributed by atoms with E-state index in [4.69, 9.17) is 26.2 Å². The van der Waals surface area contributed by atoms with Crippen LogP contribution in [0.1, 0.15) is 23.7 Å². The number of carboxylic acids is 1. The van der Waals surface area contributed by atoms with Gasteiger partial charge in [-0.15, -0.1) is 0 Å². The molecule has 1 aliphatic heterocycles. The number of piperidine rings is 1. The summed E-state index contributed by atoms with van der Waals surface area (Å²) in [6.07, 6.45) is 0.465. The number of rotatable bonds is 5. The van der Waals surface area contributed by atoms with Crippen LogP contribution in [0, 0.1) is 5.92 Å². The van der Waals surface area contributed by atoms with Gasteiger partial charge >= 0.3 is 5.97 Å². The number of hydrogen-bond donors (Lipinski definition) is 1. The van der Waals surface area contributed by atoms with E-state index in [1.807, 2.05) is 6.92 Å². The summed E-state index contributed by atoms with van der Waals surface area (Å²) in [6.45, 7) is 2.58. The van der Waals surface area contributed by atoms with Crippen molar-refractivity contribution in [3.8, 4) is 5.75 Å². The first-order valence-electron chi connectivity index (χ1n) is 7.36. The van der Waals surface area contributed by atoms with Crippen LogP contribution in [-0.4, -0.2) is 57.2 Å². The molecule has 134 valence electrons. The summed E-state index contributed by atoms with van der Waals surface area (Å²) in [4.78, 5) is 11.0. The first kappa shape index (κ1) is 19.0. The highest BCUT2D eigenvalue weighted by Gasteiger charge is 2.35. The van der Waals surface area contributed by atoms with Gasteiger partial charge in [0, 0.05) is 26.3 Å². The smallest absolute Gasteiger partial charge is 0.339 e. The molecule has 0 aromatic heterocycles. The molecule has 9 heteroatoms. The Morgan fingerprint density at radius 2 is 2.04 bits per heavy atom. The molecule has 7 nitrogen and oxygen atoms in total. The maximum absolute atomic E-state index is 12.9. The van der Waals surface area contributed by atoms with Gasteiger partial charge in [-0.1, -0.05) is 18.5 Å². The van der Waals surface area contributed by atoms with Crippen LogP contribution in [0.4, 0.5) is 0 Å². The third-order valence-electron chi connectivity index (χ3n) is 4.26. The van der Waals surface area contributed by atoms with Crippen LogP contribution in [0.5, 0.6) is 5.75 Å². The second-order valence-corrected chi connectivity index (χ2v) is 8.00. The number of aromatic carboxylic acids is 1. The molecule has 0 aliphatic carbocycles. The van der Waals surface area contributed by atoms with Gasteiger partial charge in [-0.2, -0.15) is 4.31 Å². The number of ether oxygens (including phenoxy) is 2. The molecule has 2 atom stereocenters. The minimum Gasteiger partial charge on any atom is -0.496 e. The fourth-order valence-electron chi connectivity index (χ4n) is 2.74. The lowest BCUT2D eigenvalue weighted by Gasteiger charge is -2.35. The van der Waals surface area contributed by atoms with Crippen molar-refractivity contribution >= 4 is 27.6 Å². The average molecular weight is 378 g/mol. The molecule has 1 N–H and O–H groups in total. The predicted molar refractivity (Wildman–Crippen MR) is 88.3 cm³/mol. The summed E-state index contributed by atoms with van der Waals surface area (Å²) >= 11 is 6.05. The van der Waals surface area contributed by atoms with Gasteiger partial charge in [0.05, 0.1) is 18.2 Å². The van der Waals surface area contributed by atoms with Gasteiger partial charge in [-0.25, -0.2) is 13.2 Å². The summed E-state index contributed by atoms with van der Waals surface area (Å²) in [6, 6.07) is 2.25. The SMILES string of the molecule is COc1cc(S(=O)(=O)N2CCC(C)C(OC)C2)c(Cl)cc1C(=O)O. The molecule has 0 amide bonds. The molecule has 0 spiro atoms. The van der Waals surface area contributed by atoms with Gasteiger partial charge in [0.15, 0.2) is 0 Å². The maximum atomic E-state index is 12.9. The van der Waals surface area contributed by atoms with Crippen molar-refractivity contribution in [1.29, 1.82) is 0 Å². The molecule has 1 saturated heterocycles. The standard InChI is InChI=1S/C15H20ClNO6S/c1-9-4-5-17(8-13(9)23-3)24(20,21)14-7-12(22-2)10(15(18)19)6-11(14)16/h6-7,9,13H,4-5,8H2,1-3H3,(H,18,19). The van der Waals surface area contributed by atoms with Gasteiger partial charge in [-0.3, -0.25) is 0 Å². The summed E-state index contributed by atoms with van der Waals surface area (Å²) in [5.41, 5.74) is -0.191. The molecular formula is C15H20ClNO6S. The second kappa shape index (κ2) is 7.26. The second-order valence-electron chi connectivity index (χ2n) is 5.69. The highest BCUT2D eigenvalue weighted by atomic mass is 35.5. The molecular weight excluding hydrogens is 358 g/mol. The number of benzene rings is 1. The zero-order valence-electron chi connectivity index (χ0n) is 13.7. The third-order valence-corrected chi connectivity index (χ3v) is 6.59. The molecule has 1 aromatic rings. The van der Waals surface area contributed by atoms with Crippen LogP contribution in [0.25, 0.3) is 0 Å². The Morgan fingerprint density at radius 1 is 1.38 bits per heavy atom. The van der Waals surface area contributed by atoms with E-state index in [0.717, 1.165) is 12.1 Å². The van der Waals surface area contributed by atoms with Crippen molar-refractivity contribution in [1.82, 2.24) is 4.31 Å². The van der Waals surface area contributed by atoms with Crippen LogP contribution in [-0.2, 0) is 14.8 Å². The highest BCUT2D eigenvalue weighted by molar-refractivity contribution is 7.89. The van der Waals surface area contributed by atoms with Crippen molar-refractivity contribution in [2.75, 3.05) is 27.3 Å². The molecule has 0 radical (unpaired) electrons. The average Bonchev–Trinajstić information content (AvgIpc) is 2.54. The van der Waals surface area contributed by atoms with Crippen molar-refractivity contribution < 1.29 is 27.8 Å². The van der Waals surface area contributed by atoms with E-state index in [9.17, 15) is 13.2 Å². The first-order valence-corrected chi connectivity index (χ1v) is 9.18. The number of carboxylic acid groups (broad SMARTS) is 1. The monoisotopic (exact) mass is 377 g/mol. The quantitative estimate of drug-likeness (QED) is 0.844. The number of carbonyl (C=O) groups is 1. The van der Waals surface area contributed by atoms with Crippen LogP contribution in [0.2, 0.25) is 5.02 Å². The van der Waals surface area contributed by atoms with Crippen LogP contribution in [0.3, 0.4) is 0 Å². The van der Waals surface area contributed by atoms with Gasteiger partial charge in [-0.05, 0) is 18.4 Å². The van der Waals surface area contributed by atoms with E-state index >= 15 is 0 Å². The first-order chi connectivity index (χ1) is 11.2. The Bertz CT molecular complexity index is 736. The maximum Gasteiger partial charge on any atom is 0.339 e. The Kier molecular flexibility index (Phi) is 5.74. The van der Waals surface area contributed by atoms with Gasteiger partial charge in [0.25, 0.3) is 0 Å². The van der Waals surface area contributed by atoms with Crippen molar-refractivity contribution in [2.24, 2.45) is 5.92 Å².